The van der Waals surface area contributed by atoms with Crippen LogP contribution in [0.4, 0.5) is 0 Å². The molecule has 0 bridgehead atoms. The summed E-state index contributed by atoms with van der Waals surface area (Å²) in [6.07, 6.45) is 3.89. The fraction of sp³-hybridized carbons (Fsp3) is 0.0385. The van der Waals surface area contributed by atoms with Crippen LogP contribution in [0.2, 0.25) is 0 Å². The number of benzene rings is 4. The number of aromatic nitrogens is 1. The van der Waals surface area contributed by atoms with E-state index in [1.54, 1.807) is 0 Å². The number of hydrogen-bond donors (Lipinski definition) is 0. The van der Waals surface area contributed by atoms with Gasteiger partial charge in [-0.2, -0.15) is 0 Å². The topological polar surface area (TPSA) is 12.9 Å². The fourth-order valence-corrected chi connectivity index (χ4v) is 3.97. The van der Waals surface area contributed by atoms with Gasteiger partial charge >= 0.3 is 0 Å². The average Bonchev–Trinajstić information content (AvgIpc) is 2.73. The molecule has 5 aromatic rings. The van der Waals surface area contributed by atoms with Crippen LogP contribution in [0.3, 0.4) is 0 Å². The van der Waals surface area contributed by atoms with E-state index >= 15 is 0 Å². The van der Waals surface area contributed by atoms with E-state index in [2.05, 4.69) is 96.8 Å². The van der Waals surface area contributed by atoms with Gasteiger partial charge in [0.05, 0.1) is 0 Å². The molecule has 4 aromatic carbocycles. The summed E-state index contributed by atoms with van der Waals surface area (Å²) in [5.74, 6) is 0. The Labute approximate surface area is 158 Å². The standard InChI is InChI=1S/C26H19N/c1-18-11-13-20(14-12-18)26-22-10-6-5-9-21(22)25(19-7-3-2-4-8-19)23-15-16-27-17-24(23)26/h2-17H,1H3. The minimum Gasteiger partial charge on any atom is -0.264 e. The summed E-state index contributed by atoms with van der Waals surface area (Å²) in [7, 11) is 0. The summed E-state index contributed by atoms with van der Waals surface area (Å²) in [4.78, 5) is 4.46. The second kappa shape index (κ2) is 6.37. The Kier molecular flexibility index (Phi) is 3.72. The van der Waals surface area contributed by atoms with Gasteiger partial charge in [-0.3, -0.25) is 4.98 Å². The minimum absolute atomic E-state index is 1.19. The van der Waals surface area contributed by atoms with Crippen LogP contribution in [0.1, 0.15) is 5.56 Å². The maximum absolute atomic E-state index is 4.46. The second-order valence-corrected chi connectivity index (χ2v) is 6.95. The van der Waals surface area contributed by atoms with E-state index in [9.17, 15) is 0 Å². The summed E-state index contributed by atoms with van der Waals surface area (Å²) in [5.41, 5.74) is 6.27. The summed E-state index contributed by atoms with van der Waals surface area (Å²) in [6.45, 7) is 2.13. The van der Waals surface area contributed by atoms with Crippen LogP contribution in [0.25, 0.3) is 43.8 Å². The molecule has 0 saturated heterocycles. The van der Waals surface area contributed by atoms with Crippen molar-refractivity contribution in [3.05, 3.63) is 103 Å². The molecule has 27 heavy (non-hydrogen) atoms. The molecule has 0 N–H and O–H groups in total. The second-order valence-electron chi connectivity index (χ2n) is 6.95. The van der Waals surface area contributed by atoms with E-state index < -0.39 is 0 Å². The Morgan fingerprint density at radius 1 is 0.519 bits per heavy atom. The third-order valence-corrected chi connectivity index (χ3v) is 5.23. The first-order valence-corrected chi connectivity index (χ1v) is 9.24. The molecule has 1 heterocycles. The molecule has 1 aromatic heterocycles. The lowest BCUT2D eigenvalue weighted by Gasteiger charge is -2.17. The maximum Gasteiger partial charge on any atom is 0.0353 e. The smallest absolute Gasteiger partial charge is 0.0353 e. The Morgan fingerprint density at radius 2 is 1.07 bits per heavy atom. The zero-order valence-electron chi connectivity index (χ0n) is 15.2. The molecule has 0 atom stereocenters. The van der Waals surface area contributed by atoms with Crippen molar-refractivity contribution in [1.29, 1.82) is 0 Å². The molecule has 0 amide bonds. The van der Waals surface area contributed by atoms with Crippen LogP contribution < -0.4 is 0 Å². The third-order valence-electron chi connectivity index (χ3n) is 5.23. The van der Waals surface area contributed by atoms with Crippen LogP contribution >= 0.6 is 0 Å². The first kappa shape index (κ1) is 15.8. The van der Waals surface area contributed by atoms with Crippen molar-refractivity contribution >= 4 is 21.5 Å². The van der Waals surface area contributed by atoms with Gasteiger partial charge in [0.1, 0.15) is 0 Å². The van der Waals surface area contributed by atoms with E-state index in [0.717, 1.165) is 0 Å². The molecule has 1 nitrogen and oxygen atoms in total. The molecule has 5 rings (SSSR count). The molecule has 0 fully saturated rings. The summed E-state index contributed by atoms with van der Waals surface area (Å²) < 4.78 is 0. The first-order chi connectivity index (χ1) is 13.3. The largest absolute Gasteiger partial charge is 0.264 e. The molecule has 0 unspecified atom stereocenters. The fourth-order valence-electron chi connectivity index (χ4n) is 3.97. The number of aryl methyl sites for hydroxylation is 1. The van der Waals surface area contributed by atoms with Gasteiger partial charge in [0, 0.05) is 17.8 Å². The highest BCUT2D eigenvalue weighted by atomic mass is 14.6. The molecule has 0 aliphatic heterocycles. The lowest BCUT2D eigenvalue weighted by atomic mass is 9.86. The quantitative estimate of drug-likeness (QED) is 0.313. The van der Waals surface area contributed by atoms with Gasteiger partial charge in [0.2, 0.25) is 0 Å². The zero-order chi connectivity index (χ0) is 18.2. The normalized spacial score (nSPS) is 11.1. The number of rotatable bonds is 2. The molecule has 0 saturated carbocycles. The van der Waals surface area contributed by atoms with Gasteiger partial charge in [-0.25, -0.2) is 0 Å². The van der Waals surface area contributed by atoms with Gasteiger partial charge < -0.3 is 0 Å². The van der Waals surface area contributed by atoms with Crippen molar-refractivity contribution < 1.29 is 0 Å². The third kappa shape index (κ3) is 2.60. The van der Waals surface area contributed by atoms with Crippen molar-refractivity contribution in [3.8, 4) is 22.3 Å². The molecule has 0 aliphatic carbocycles. The average molecular weight is 345 g/mol. The summed E-state index contributed by atoms with van der Waals surface area (Å²) >= 11 is 0. The van der Waals surface area contributed by atoms with Crippen molar-refractivity contribution in [2.45, 2.75) is 6.92 Å². The van der Waals surface area contributed by atoms with Gasteiger partial charge in [-0.15, -0.1) is 0 Å². The lowest BCUT2D eigenvalue weighted by Crippen LogP contribution is -1.91. The maximum atomic E-state index is 4.46. The van der Waals surface area contributed by atoms with Crippen LogP contribution in [0.5, 0.6) is 0 Å². The van der Waals surface area contributed by atoms with Gasteiger partial charge in [0.15, 0.2) is 0 Å². The van der Waals surface area contributed by atoms with E-state index in [1.807, 2.05) is 12.4 Å². The number of pyridine rings is 1. The van der Waals surface area contributed by atoms with Crippen molar-refractivity contribution in [2.75, 3.05) is 0 Å². The van der Waals surface area contributed by atoms with E-state index in [1.165, 1.54) is 49.4 Å². The Balaban J connectivity index is 1.99. The van der Waals surface area contributed by atoms with Crippen molar-refractivity contribution in [3.63, 3.8) is 0 Å². The molecular weight excluding hydrogens is 326 g/mol. The highest BCUT2D eigenvalue weighted by Crippen LogP contribution is 2.43. The van der Waals surface area contributed by atoms with Crippen LogP contribution in [0, 0.1) is 6.92 Å². The van der Waals surface area contributed by atoms with Gasteiger partial charge in [-0.05, 0) is 51.4 Å². The predicted molar refractivity (Wildman–Crippen MR) is 115 cm³/mol. The number of fused-ring (bicyclic) bond motifs is 2. The van der Waals surface area contributed by atoms with E-state index in [-0.39, 0.29) is 0 Å². The minimum atomic E-state index is 1.19. The molecular formula is C26H19N. The predicted octanol–water partition coefficient (Wildman–Crippen LogP) is 7.03. The van der Waals surface area contributed by atoms with Crippen molar-refractivity contribution in [1.82, 2.24) is 4.98 Å². The molecule has 128 valence electrons. The summed E-state index contributed by atoms with van der Waals surface area (Å²) in [6, 6.07) is 30.3. The highest BCUT2D eigenvalue weighted by molar-refractivity contribution is 6.21. The SMILES string of the molecule is Cc1ccc(-c2c3ccccc3c(-c3ccccc3)c3ccncc23)cc1. The molecule has 0 radical (unpaired) electrons. The Bertz CT molecular complexity index is 1200. The monoisotopic (exact) mass is 345 g/mol. The number of nitrogens with zero attached hydrogens (tertiary/aromatic N) is 1. The van der Waals surface area contributed by atoms with Crippen LogP contribution in [-0.4, -0.2) is 4.98 Å². The molecule has 0 aliphatic rings. The van der Waals surface area contributed by atoms with E-state index in [4.69, 9.17) is 0 Å². The van der Waals surface area contributed by atoms with Crippen LogP contribution in [-0.2, 0) is 0 Å². The van der Waals surface area contributed by atoms with Crippen LogP contribution in [0.15, 0.2) is 97.3 Å². The summed E-state index contributed by atoms with van der Waals surface area (Å²) in [5, 5.41) is 4.98. The Hall–Kier alpha value is -3.45. The molecule has 1 heteroatoms. The van der Waals surface area contributed by atoms with Crippen molar-refractivity contribution in [2.24, 2.45) is 0 Å². The number of hydrogen-bond acceptors (Lipinski definition) is 1. The lowest BCUT2D eigenvalue weighted by molar-refractivity contribution is 1.37. The van der Waals surface area contributed by atoms with Gasteiger partial charge in [0.25, 0.3) is 0 Å². The zero-order valence-corrected chi connectivity index (χ0v) is 15.2. The van der Waals surface area contributed by atoms with E-state index in [0.29, 0.717) is 0 Å². The van der Waals surface area contributed by atoms with Gasteiger partial charge in [-0.1, -0.05) is 84.4 Å². The Morgan fingerprint density at radius 3 is 1.78 bits per heavy atom. The first-order valence-electron chi connectivity index (χ1n) is 9.24. The molecule has 0 spiro atoms. The highest BCUT2D eigenvalue weighted by Gasteiger charge is 2.16.